The van der Waals surface area contributed by atoms with E-state index >= 15 is 0 Å². The molecular formula is C58H97N5O41. The highest BCUT2D eigenvalue weighted by atomic mass is 16.8. The van der Waals surface area contributed by atoms with Crippen molar-refractivity contribution in [1.29, 1.82) is 0 Å². The summed E-state index contributed by atoms with van der Waals surface area (Å²) < 4.78 is 90.7. The molecule has 8 heterocycles. The average Bonchev–Trinajstić information content (AvgIpc) is 0.765. The summed E-state index contributed by atoms with van der Waals surface area (Å²) >= 11 is 0. The lowest BCUT2D eigenvalue weighted by Gasteiger charge is -2.52. The van der Waals surface area contributed by atoms with Crippen molar-refractivity contribution >= 4 is 29.5 Å². The molecule has 26 N–H and O–H groups in total. The Labute approximate surface area is 589 Å². The van der Waals surface area contributed by atoms with Crippen molar-refractivity contribution < 1.29 is 202 Å². The van der Waals surface area contributed by atoms with Crippen LogP contribution in [-0.2, 0) is 95.0 Å². The molecule has 0 aromatic carbocycles. The third kappa shape index (κ3) is 19.2. The van der Waals surface area contributed by atoms with Crippen LogP contribution in [0.25, 0.3) is 0 Å². The summed E-state index contributed by atoms with van der Waals surface area (Å²) in [4.78, 5) is 63.4. The van der Waals surface area contributed by atoms with E-state index in [0.717, 1.165) is 34.6 Å². The van der Waals surface area contributed by atoms with Crippen LogP contribution in [0.3, 0.4) is 0 Å². The molecule has 104 heavy (non-hydrogen) atoms. The van der Waals surface area contributed by atoms with Crippen LogP contribution in [0.2, 0.25) is 0 Å². The minimum Gasteiger partial charge on any atom is -0.394 e. The lowest BCUT2D eigenvalue weighted by Crippen LogP contribution is -2.72. The van der Waals surface area contributed by atoms with E-state index in [1.165, 1.54) is 0 Å². The molecule has 8 saturated heterocycles. The molecule has 0 radical (unpaired) electrons. The lowest BCUT2D eigenvalue weighted by molar-refractivity contribution is -0.407. The first-order valence-corrected chi connectivity index (χ1v) is 33.1. The summed E-state index contributed by atoms with van der Waals surface area (Å²) in [6.07, 6.45) is -72.8. The second-order valence-corrected chi connectivity index (χ2v) is 26.1. The number of amides is 5. The van der Waals surface area contributed by atoms with E-state index in [1.807, 2.05) is 0 Å². The third-order valence-electron chi connectivity index (χ3n) is 18.6. The first-order chi connectivity index (χ1) is 49.2. The molecule has 46 heteroatoms. The summed E-state index contributed by atoms with van der Waals surface area (Å²) in [6, 6.07) is -9.11. The molecule has 40 atom stereocenters. The number of aliphatic hydroxyl groups excluding tert-OH is 21. The molecular weight excluding hydrogens is 1420 g/mol. The first kappa shape index (κ1) is 85.5. The molecule has 0 aromatic heterocycles. The Kier molecular flexibility index (Phi) is 30.9. The Bertz CT molecular complexity index is 2770. The molecule has 600 valence electrons. The number of nitrogens with one attached hydrogen (secondary N) is 5. The highest BCUT2D eigenvalue weighted by molar-refractivity contribution is 5.75. The average molecular weight is 1520 g/mol. The highest BCUT2D eigenvalue weighted by Crippen LogP contribution is 2.40. The number of rotatable bonds is 27. The fourth-order valence-corrected chi connectivity index (χ4v) is 13.4. The topological polar surface area (TPSA) is 709 Å². The minimum atomic E-state index is -2.63. The maximum absolute atomic E-state index is 13.1. The molecule has 46 nitrogen and oxygen atoms in total. The zero-order valence-electron chi connectivity index (χ0n) is 56.3. The molecule has 0 spiro atoms. The number of ether oxygens (including phenoxy) is 15. The largest absolute Gasteiger partial charge is 0.394 e. The van der Waals surface area contributed by atoms with Crippen LogP contribution < -0.4 is 26.6 Å². The fraction of sp³-hybridized carbons (Fsp3) is 0.914. The highest BCUT2D eigenvalue weighted by Gasteiger charge is 2.61. The van der Waals surface area contributed by atoms with Crippen LogP contribution in [-0.4, -0.2) is 435 Å². The molecule has 0 aromatic rings. The van der Waals surface area contributed by atoms with Gasteiger partial charge < -0.3 is 205 Å². The van der Waals surface area contributed by atoms with Gasteiger partial charge in [0.1, 0.15) is 195 Å². The molecule has 8 aliphatic rings. The Balaban J connectivity index is 1.22. The predicted octanol–water partition coefficient (Wildman–Crippen LogP) is -17.7. The van der Waals surface area contributed by atoms with Crippen molar-refractivity contribution in [2.75, 3.05) is 52.9 Å². The summed E-state index contributed by atoms with van der Waals surface area (Å²) in [6.45, 7) is -3.85. The van der Waals surface area contributed by atoms with Crippen molar-refractivity contribution in [1.82, 2.24) is 26.6 Å². The van der Waals surface area contributed by atoms with Gasteiger partial charge in [-0.2, -0.15) is 0 Å². The summed E-state index contributed by atoms with van der Waals surface area (Å²) in [5.74, 6) is -4.41. The van der Waals surface area contributed by atoms with Gasteiger partial charge in [0.05, 0.1) is 52.9 Å². The summed E-state index contributed by atoms with van der Waals surface area (Å²) in [5, 5.41) is 246. The van der Waals surface area contributed by atoms with E-state index in [2.05, 4.69) is 26.6 Å². The minimum absolute atomic E-state index is 0.780. The van der Waals surface area contributed by atoms with Gasteiger partial charge in [-0.1, -0.05) is 0 Å². The van der Waals surface area contributed by atoms with Crippen LogP contribution in [0.4, 0.5) is 0 Å². The molecule has 0 saturated carbocycles. The quantitative estimate of drug-likeness (QED) is 0.0363. The molecule has 0 aliphatic carbocycles. The molecule has 0 unspecified atom stereocenters. The van der Waals surface area contributed by atoms with Gasteiger partial charge in [0, 0.05) is 34.6 Å². The third-order valence-corrected chi connectivity index (χ3v) is 18.6. The van der Waals surface area contributed by atoms with Crippen LogP contribution >= 0.6 is 0 Å². The maximum Gasteiger partial charge on any atom is 0.217 e. The predicted molar refractivity (Wildman–Crippen MR) is 322 cm³/mol. The van der Waals surface area contributed by atoms with Crippen LogP contribution in [0.5, 0.6) is 0 Å². The number of hydrogen-bond donors (Lipinski definition) is 26. The van der Waals surface area contributed by atoms with Crippen LogP contribution in [0, 0.1) is 0 Å². The van der Waals surface area contributed by atoms with E-state index in [4.69, 9.17) is 71.1 Å². The standard InChI is InChI=1S/C58H97N5O41/c1-14(71)59-27-38(82)45(23(10-68)91-51(27)89)99-54-30(62-17(4)74)40(84)47(25(12-70)96-54)101-57-44(88)49(48(102-53-29(61-16(3)73)37(81)33(77)20(7-65)93-53)26(98-57)13-90-56-43(87)41(85)34(78)21(8-66)94-56)103-58-50(42(86)35(79)22(9-67)95-58)104-55-31(63-18(5)75)39(83)46(24(11-69)97-55)100-52-28(60-15(2)72)36(80)32(76)19(6-64)92-52/h19-58,64-70,76-89H,6-13H2,1-5H3,(H,59,71)(H,60,72)(H,61,73)(H,62,74)(H,63,75)/t19-,20-,21-,22-,23-,24-,25-,26-,27-,28-,29-,30-,31-,32+,33-,34-,35-,36-,37-,38-,39-,40-,41+,42+,43+,44+,45-,46-,47-,48-,49-,50+,51-,52+,53+,54+,55+,56+,57+,58-/m1/s1. The monoisotopic (exact) mass is 1520 g/mol. The van der Waals surface area contributed by atoms with Crippen molar-refractivity contribution in [2.24, 2.45) is 0 Å². The van der Waals surface area contributed by atoms with Crippen LogP contribution in [0.15, 0.2) is 0 Å². The number of hydrogen-bond acceptors (Lipinski definition) is 41. The molecule has 8 fully saturated rings. The van der Waals surface area contributed by atoms with Gasteiger partial charge in [-0.05, 0) is 0 Å². The second kappa shape index (κ2) is 37.5. The maximum atomic E-state index is 13.1. The van der Waals surface area contributed by atoms with Crippen LogP contribution in [0.1, 0.15) is 34.6 Å². The van der Waals surface area contributed by atoms with Crippen molar-refractivity contribution in [2.45, 2.75) is 280 Å². The fourth-order valence-electron chi connectivity index (χ4n) is 13.4. The molecule has 5 amide bonds. The van der Waals surface area contributed by atoms with Crippen molar-refractivity contribution in [3.8, 4) is 0 Å². The smallest absolute Gasteiger partial charge is 0.217 e. The van der Waals surface area contributed by atoms with Crippen molar-refractivity contribution in [3.63, 3.8) is 0 Å². The van der Waals surface area contributed by atoms with E-state index in [-0.39, 0.29) is 0 Å². The second-order valence-electron chi connectivity index (χ2n) is 26.1. The Morgan fingerprint density at radius 3 is 0.923 bits per heavy atom. The van der Waals surface area contributed by atoms with Gasteiger partial charge in [-0.3, -0.25) is 24.0 Å². The van der Waals surface area contributed by atoms with Gasteiger partial charge in [-0.25, -0.2) is 0 Å². The van der Waals surface area contributed by atoms with Gasteiger partial charge in [0.2, 0.25) is 29.5 Å². The Hall–Kier alpha value is -4.09. The van der Waals surface area contributed by atoms with E-state index < -0.39 is 328 Å². The van der Waals surface area contributed by atoms with E-state index in [9.17, 15) is 131 Å². The summed E-state index contributed by atoms with van der Waals surface area (Å²) in [5.41, 5.74) is 0. The molecule has 8 rings (SSSR count). The number of aliphatic hydroxyl groups is 21. The van der Waals surface area contributed by atoms with Gasteiger partial charge in [0.25, 0.3) is 0 Å². The zero-order chi connectivity index (χ0) is 76.8. The normalized spacial score (nSPS) is 47.2. The molecule has 8 aliphatic heterocycles. The number of carbonyl (C=O) groups is 5. The van der Waals surface area contributed by atoms with Gasteiger partial charge >= 0.3 is 0 Å². The zero-order valence-corrected chi connectivity index (χ0v) is 56.3. The van der Waals surface area contributed by atoms with E-state index in [0.29, 0.717) is 0 Å². The lowest BCUT2D eigenvalue weighted by atomic mass is 9.93. The Morgan fingerprint density at radius 2 is 0.529 bits per heavy atom. The summed E-state index contributed by atoms with van der Waals surface area (Å²) in [7, 11) is 0. The van der Waals surface area contributed by atoms with E-state index in [1.54, 1.807) is 0 Å². The van der Waals surface area contributed by atoms with Crippen molar-refractivity contribution in [3.05, 3.63) is 0 Å². The SMILES string of the molecule is CC(=O)N[C@@H]1[C@@H](O)[C@H](O[C@@H]2O[C@H](CO)[C@@H](O[C@@H]3O[C@H](CO[C@H]4O[C@H](CO)[C@@H](O)[C@H](O)[C@@H]4O)[C@@H](O[C@@H]4O[C@H](CO)[C@@H](O)[C@H](O)[C@H]4NC(C)=O)[C@H](O[C@H]4O[C@H](CO)[C@@H](O)[C@H](O)[C@@H]4O[C@@H]4O[C@H](CO)[C@@H](O[C@@H]5O[C@H](CO)[C@H](O)[C@H](O)[C@H]5NC(C)=O)[C@H](O)[C@H]4NC(C)=O)[C@@H]3O)[C@H](O)[C@H]2NC(C)=O)[C@@H](CO)O[C@H]1O. The van der Waals surface area contributed by atoms with Gasteiger partial charge in [0.15, 0.2) is 50.3 Å². The number of carbonyl (C=O) groups excluding carboxylic acids is 5. The Morgan fingerprint density at radius 1 is 0.250 bits per heavy atom. The van der Waals surface area contributed by atoms with Gasteiger partial charge in [-0.15, -0.1) is 0 Å². The molecule has 0 bridgehead atoms. The first-order valence-electron chi connectivity index (χ1n) is 33.1.